The van der Waals surface area contributed by atoms with Crippen LogP contribution in [0.25, 0.3) is 5.57 Å². The van der Waals surface area contributed by atoms with Gasteiger partial charge in [-0.1, -0.05) is 69.2 Å². The number of Topliss-reactive ketones (excluding diaryl/α,β-unsaturated/α-hetero) is 1. The van der Waals surface area contributed by atoms with E-state index in [2.05, 4.69) is 44.2 Å². The zero-order valence-corrected chi connectivity index (χ0v) is 23.0. The van der Waals surface area contributed by atoms with Crippen LogP contribution >= 0.6 is 0 Å². The number of aryl methyl sites for hydroxylation is 1. The van der Waals surface area contributed by atoms with Crippen molar-refractivity contribution < 1.29 is 24.5 Å². The number of fused-ring (bicyclic) bond motifs is 1. The van der Waals surface area contributed by atoms with Crippen molar-refractivity contribution in [2.75, 3.05) is 0 Å². The highest BCUT2D eigenvalue weighted by molar-refractivity contribution is 5.88. The third-order valence-electron chi connectivity index (χ3n) is 8.46. The fourth-order valence-corrected chi connectivity index (χ4v) is 5.74. The number of aliphatic hydroxyl groups excluding tert-OH is 2. The average molecular weight is 497 g/mol. The van der Waals surface area contributed by atoms with E-state index in [4.69, 9.17) is 4.74 Å². The molecule has 1 heterocycles. The molecule has 1 aliphatic carbocycles. The molecule has 1 aromatic carbocycles. The summed E-state index contributed by atoms with van der Waals surface area (Å²) in [5.74, 6) is -1.40. The molecular formula is C31H44O5. The molecule has 1 aliphatic heterocycles. The van der Waals surface area contributed by atoms with Gasteiger partial charge in [-0.15, -0.1) is 0 Å². The first-order valence-electron chi connectivity index (χ1n) is 13.4. The number of allylic oxidation sites excluding steroid dienone is 2. The van der Waals surface area contributed by atoms with Crippen LogP contribution in [0.5, 0.6) is 0 Å². The fourth-order valence-electron chi connectivity index (χ4n) is 5.74. The number of benzene rings is 1. The molecule has 2 aliphatic rings. The summed E-state index contributed by atoms with van der Waals surface area (Å²) in [6, 6.07) is 8.43. The molecule has 6 atom stereocenters. The highest BCUT2D eigenvalue weighted by atomic mass is 16.5. The van der Waals surface area contributed by atoms with E-state index < -0.39 is 35.6 Å². The maximum atomic E-state index is 13.3. The quantitative estimate of drug-likeness (QED) is 0.379. The van der Waals surface area contributed by atoms with Gasteiger partial charge in [0, 0.05) is 11.8 Å². The molecule has 5 nitrogen and oxygen atoms in total. The predicted molar refractivity (Wildman–Crippen MR) is 143 cm³/mol. The lowest BCUT2D eigenvalue weighted by atomic mass is 9.73. The normalized spacial score (nSPS) is 34.1. The van der Waals surface area contributed by atoms with Gasteiger partial charge < -0.3 is 14.9 Å². The van der Waals surface area contributed by atoms with Gasteiger partial charge in [-0.05, 0) is 69.1 Å². The first-order chi connectivity index (χ1) is 16.8. The number of hydrogen-bond acceptors (Lipinski definition) is 5. The minimum Gasteiger partial charge on any atom is -0.457 e. The molecule has 198 valence electrons. The van der Waals surface area contributed by atoms with Crippen molar-refractivity contribution in [1.29, 1.82) is 0 Å². The lowest BCUT2D eigenvalue weighted by Crippen LogP contribution is -2.45. The van der Waals surface area contributed by atoms with Gasteiger partial charge in [0.25, 0.3) is 0 Å². The Morgan fingerprint density at radius 2 is 1.61 bits per heavy atom. The van der Waals surface area contributed by atoms with Crippen LogP contribution in [-0.2, 0) is 14.3 Å². The van der Waals surface area contributed by atoms with Gasteiger partial charge >= 0.3 is 5.97 Å². The molecule has 0 radical (unpaired) electrons. The van der Waals surface area contributed by atoms with Crippen LogP contribution in [0, 0.1) is 30.1 Å². The molecule has 0 saturated carbocycles. The minimum atomic E-state index is -1.20. The number of esters is 1. The van der Waals surface area contributed by atoms with Gasteiger partial charge in [-0.2, -0.15) is 0 Å². The predicted octanol–water partition coefficient (Wildman–Crippen LogP) is 5.81. The van der Waals surface area contributed by atoms with Crippen molar-refractivity contribution in [3.05, 3.63) is 52.6 Å². The molecule has 0 aromatic heterocycles. The van der Waals surface area contributed by atoms with Gasteiger partial charge in [-0.25, -0.2) is 0 Å². The summed E-state index contributed by atoms with van der Waals surface area (Å²) < 4.78 is 6.01. The first kappa shape index (κ1) is 28.3. The van der Waals surface area contributed by atoms with Crippen LogP contribution in [0.15, 0.2) is 41.5 Å². The van der Waals surface area contributed by atoms with Gasteiger partial charge in [0.2, 0.25) is 0 Å². The van der Waals surface area contributed by atoms with Gasteiger partial charge in [-0.3, -0.25) is 9.59 Å². The van der Waals surface area contributed by atoms with E-state index in [1.807, 2.05) is 13.8 Å². The van der Waals surface area contributed by atoms with Crippen LogP contribution < -0.4 is 0 Å². The summed E-state index contributed by atoms with van der Waals surface area (Å²) in [4.78, 5) is 26.3. The second-order valence-corrected chi connectivity index (χ2v) is 11.8. The maximum Gasteiger partial charge on any atom is 0.309 e. The van der Waals surface area contributed by atoms with E-state index >= 15 is 0 Å². The Morgan fingerprint density at radius 3 is 2.25 bits per heavy atom. The summed E-state index contributed by atoms with van der Waals surface area (Å²) in [5, 5.41) is 21.8. The monoisotopic (exact) mass is 496 g/mol. The Hall–Kier alpha value is -2.24. The topological polar surface area (TPSA) is 83.8 Å². The highest BCUT2D eigenvalue weighted by Crippen LogP contribution is 2.42. The molecular weight excluding hydrogens is 452 g/mol. The highest BCUT2D eigenvalue weighted by Gasteiger charge is 2.43. The second-order valence-electron chi connectivity index (χ2n) is 11.8. The fraction of sp³-hybridized carbons (Fsp3) is 0.613. The zero-order chi connectivity index (χ0) is 26.8. The van der Waals surface area contributed by atoms with Crippen molar-refractivity contribution in [2.45, 2.75) is 98.9 Å². The Balaban J connectivity index is 1.95. The van der Waals surface area contributed by atoms with E-state index in [1.165, 1.54) is 16.7 Å². The molecule has 36 heavy (non-hydrogen) atoms. The third-order valence-corrected chi connectivity index (χ3v) is 8.46. The Morgan fingerprint density at radius 1 is 0.972 bits per heavy atom. The molecule has 5 heteroatoms. The number of ether oxygens (including phenoxy) is 1. The number of carbonyl (C=O) groups excluding carboxylic acids is 2. The van der Waals surface area contributed by atoms with E-state index in [0.29, 0.717) is 0 Å². The van der Waals surface area contributed by atoms with Gasteiger partial charge in [0.15, 0.2) is 0 Å². The van der Waals surface area contributed by atoms with Crippen LogP contribution in [0.2, 0.25) is 0 Å². The SMILES string of the molecule is CC1=C(c2ccc(C)cc2)C[C@H]2/C=C(/C)CCC[C@H](C)[C@H](O)[C@@H](C)C(=O)C(C)(C)[C@@H](O)CC(=O)O[C@H]12. The van der Waals surface area contributed by atoms with E-state index in [0.717, 1.165) is 36.8 Å². The molecule has 2 N–H and O–H groups in total. The van der Waals surface area contributed by atoms with Crippen molar-refractivity contribution >= 4 is 17.3 Å². The number of carbonyl (C=O) groups is 2. The lowest BCUT2D eigenvalue weighted by Gasteiger charge is -2.34. The molecule has 0 bridgehead atoms. The maximum absolute atomic E-state index is 13.3. The number of hydrogen-bond donors (Lipinski definition) is 2. The molecule has 0 fully saturated rings. The van der Waals surface area contributed by atoms with E-state index in [9.17, 15) is 19.8 Å². The molecule has 1 aromatic rings. The molecule has 3 rings (SSSR count). The van der Waals surface area contributed by atoms with Crippen molar-refractivity contribution in [1.82, 2.24) is 0 Å². The van der Waals surface area contributed by atoms with Crippen molar-refractivity contribution in [3.63, 3.8) is 0 Å². The smallest absolute Gasteiger partial charge is 0.309 e. The van der Waals surface area contributed by atoms with Gasteiger partial charge in [0.1, 0.15) is 11.9 Å². The lowest BCUT2D eigenvalue weighted by molar-refractivity contribution is -0.155. The van der Waals surface area contributed by atoms with Crippen LogP contribution in [0.4, 0.5) is 0 Å². The van der Waals surface area contributed by atoms with Crippen molar-refractivity contribution in [2.24, 2.45) is 23.2 Å². The Bertz CT molecular complexity index is 1020. The zero-order valence-electron chi connectivity index (χ0n) is 23.0. The Kier molecular flexibility index (Phi) is 9.00. The molecule has 0 spiro atoms. The molecule has 0 saturated heterocycles. The largest absolute Gasteiger partial charge is 0.457 e. The van der Waals surface area contributed by atoms with E-state index in [-0.39, 0.29) is 24.0 Å². The minimum absolute atomic E-state index is 0.0213. The summed E-state index contributed by atoms with van der Waals surface area (Å²) in [6.07, 6.45) is 2.96. The first-order valence-corrected chi connectivity index (χ1v) is 13.4. The van der Waals surface area contributed by atoms with Crippen LogP contribution in [0.1, 0.15) is 84.8 Å². The van der Waals surface area contributed by atoms with Crippen LogP contribution in [-0.4, -0.2) is 40.3 Å². The van der Waals surface area contributed by atoms with Crippen molar-refractivity contribution in [3.8, 4) is 0 Å². The molecule has 0 amide bonds. The summed E-state index contributed by atoms with van der Waals surface area (Å²) >= 11 is 0. The summed E-state index contributed by atoms with van der Waals surface area (Å²) in [7, 11) is 0. The second kappa shape index (κ2) is 11.4. The Labute approximate surface area is 216 Å². The number of rotatable bonds is 1. The standard InChI is InChI=1S/C31H44O5/c1-18-11-13-23(14-12-18)25-16-24-15-19(2)9-8-10-20(3)28(34)22(5)30(35)31(6,7)26(32)17-27(33)36-29(24)21(25)4/h11-15,20,22,24,26,28-29,32,34H,8-10,16-17H2,1-7H3/b19-15-/t20-,22+,24+,26-,28-,29+/m0/s1. The average Bonchev–Trinajstić information content (AvgIpc) is 3.11. The molecule has 0 unspecified atom stereocenters. The summed E-state index contributed by atoms with van der Waals surface area (Å²) in [6.45, 7) is 13.2. The number of aliphatic hydroxyl groups is 2. The number of ketones is 1. The van der Waals surface area contributed by atoms with Gasteiger partial charge in [0.05, 0.1) is 24.0 Å². The van der Waals surface area contributed by atoms with E-state index in [1.54, 1.807) is 20.8 Å². The third kappa shape index (κ3) is 6.18. The summed E-state index contributed by atoms with van der Waals surface area (Å²) in [5.41, 5.74) is 4.63. The van der Waals surface area contributed by atoms with Crippen LogP contribution in [0.3, 0.4) is 0 Å².